The van der Waals surface area contributed by atoms with E-state index in [0.29, 0.717) is 6.41 Å². The summed E-state index contributed by atoms with van der Waals surface area (Å²) in [5.74, 6) is -0.470. The van der Waals surface area contributed by atoms with Crippen LogP contribution in [0.5, 0.6) is 0 Å². The van der Waals surface area contributed by atoms with Crippen molar-refractivity contribution >= 4 is 29.5 Å². The molecule has 1 amide bonds. The van der Waals surface area contributed by atoms with E-state index < -0.39 is 17.8 Å². The van der Waals surface area contributed by atoms with E-state index in [0.717, 1.165) is 0 Å². The van der Waals surface area contributed by atoms with Crippen molar-refractivity contribution in [1.82, 2.24) is 19.5 Å². The number of carbonyl (C=O) groups excluding carboxylic acids is 2. The van der Waals surface area contributed by atoms with Crippen molar-refractivity contribution in [2.75, 3.05) is 5.32 Å². The number of aromatic nitrogens is 4. The van der Waals surface area contributed by atoms with E-state index >= 15 is 0 Å². The summed E-state index contributed by atoms with van der Waals surface area (Å²) >= 11 is 0. The molecule has 2 rings (SSSR count). The topological polar surface area (TPSA) is 128 Å². The van der Waals surface area contributed by atoms with E-state index in [1.54, 1.807) is 6.92 Å². The average Bonchev–Trinajstić information content (AvgIpc) is 2.79. The van der Waals surface area contributed by atoms with Crippen molar-refractivity contribution in [3.8, 4) is 0 Å². The first-order chi connectivity index (χ1) is 10.0. The number of hydrogen-bond donors (Lipinski definition) is 2. The van der Waals surface area contributed by atoms with E-state index in [4.69, 9.17) is 9.47 Å². The molecule has 0 aromatic carbocycles. The zero-order chi connectivity index (χ0) is 15.4. The lowest BCUT2D eigenvalue weighted by molar-refractivity contribution is -0.178. The summed E-state index contributed by atoms with van der Waals surface area (Å²) in [6, 6.07) is 0. The van der Waals surface area contributed by atoms with E-state index in [1.165, 1.54) is 17.8 Å². The predicted octanol–water partition coefficient (Wildman–Crippen LogP) is -0.429. The molecule has 0 aliphatic carbocycles. The van der Waals surface area contributed by atoms with Crippen LogP contribution in [-0.2, 0) is 25.8 Å². The fraction of sp³-hybridized carbons (Fsp3) is 0.364. The van der Waals surface area contributed by atoms with Crippen molar-refractivity contribution in [2.45, 2.75) is 26.9 Å². The van der Waals surface area contributed by atoms with Crippen molar-refractivity contribution in [2.24, 2.45) is 0 Å². The molecule has 0 saturated heterocycles. The van der Waals surface area contributed by atoms with Gasteiger partial charge in [-0.3, -0.25) is 29.3 Å². The molecule has 0 spiro atoms. The summed E-state index contributed by atoms with van der Waals surface area (Å²) in [6.07, 6.45) is 0.997. The van der Waals surface area contributed by atoms with Crippen LogP contribution in [0.1, 0.15) is 13.8 Å². The van der Waals surface area contributed by atoms with Crippen LogP contribution >= 0.6 is 0 Å². The molecule has 10 heteroatoms. The Kier molecular flexibility index (Phi) is 4.28. The Morgan fingerprint density at radius 2 is 2.38 bits per heavy atom. The number of amides is 1. The first-order valence-corrected chi connectivity index (χ1v) is 5.95. The van der Waals surface area contributed by atoms with Crippen molar-refractivity contribution in [1.29, 1.82) is 0 Å². The Morgan fingerprint density at radius 1 is 1.62 bits per heavy atom. The molecule has 112 valence electrons. The number of rotatable bonds is 6. The molecule has 2 aromatic heterocycles. The number of esters is 1. The third-order valence-corrected chi connectivity index (χ3v) is 2.45. The van der Waals surface area contributed by atoms with Crippen molar-refractivity contribution in [3.05, 3.63) is 16.7 Å². The molecular weight excluding hydrogens is 282 g/mol. The smallest absolute Gasteiger partial charge is 0.304 e. The summed E-state index contributed by atoms with van der Waals surface area (Å²) in [4.78, 5) is 43.2. The molecule has 0 aliphatic rings. The lowest BCUT2D eigenvalue weighted by Crippen LogP contribution is -2.18. The summed E-state index contributed by atoms with van der Waals surface area (Å²) in [5, 5.41) is 2.25. The van der Waals surface area contributed by atoms with Crippen LogP contribution in [0.25, 0.3) is 11.2 Å². The van der Waals surface area contributed by atoms with Gasteiger partial charge in [-0.1, -0.05) is 0 Å². The summed E-state index contributed by atoms with van der Waals surface area (Å²) in [5.41, 5.74) is -0.149. The van der Waals surface area contributed by atoms with E-state index in [1.807, 2.05) is 0 Å². The van der Waals surface area contributed by atoms with Gasteiger partial charge in [-0.2, -0.15) is 4.98 Å². The number of ether oxygens (including phenoxy) is 2. The van der Waals surface area contributed by atoms with E-state index in [-0.39, 0.29) is 23.8 Å². The highest BCUT2D eigenvalue weighted by atomic mass is 16.7. The van der Waals surface area contributed by atoms with Crippen LogP contribution in [0.2, 0.25) is 0 Å². The van der Waals surface area contributed by atoms with Gasteiger partial charge in [0.2, 0.25) is 18.6 Å². The van der Waals surface area contributed by atoms with E-state index in [9.17, 15) is 14.4 Å². The lowest BCUT2D eigenvalue weighted by Gasteiger charge is -2.13. The van der Waals surface area contributed by atoms with Gasteiger partial charge in [-0.15, -0.1) is 0 Å². The fourth-order valence-corrected chi connectivity index (χ4v) is 1.63. The minimum absolute atomic E-state index is 0.00251. The van der Waals surface area contributed by atoms with Gasteiger partial charge >= 0.3 is 5.97 Å². The molecule has 2 heterocycles. The molecule has 1 atom stereocenters. The van der Waals surface area contributed by atoms with Crippen LogP contribution in [0.15, 0.2) is 11.1 Å². The zero-order valence-electron chi connectivity index (χ0n) is 11.3. The van der Waals surface area contributed by atoms with Gasteiger partial charge in [-0.25, -0.2) is 4.98 Å². The number of anilines is 1. The highest BCUT2D eigenvalue weighted by Crippen LogP contribution is 2.08. The van der Waals surface area contributed by atoms with Gasteiger partial charge in [0.1, 0.15) is 6.73 Å². The number of carbonyl (C=O) groups is 2. The van der Waals surface area contributed by atoms with Crippen LogP contribution < -0.4 is 10.9 Å². The van der Waals surface area contributed by atoms with Gasteiger partial charge in [0.15, 0.2) is 11.2 Å². The Labute approximate surface area is 118 Å². The van der Waals surface area contributed by atoms with Crippen LogP contribution in [0, 0.1) is 0 Å². The molecule has 0 bridgehead atoms. The van der Waals surface area contributed by atoms with Crippen molar-refractivity contribution < 1.29 is 19.1 Å². The van der Waals surface area contributed by atoms with Gasteiger partial charge in [0, 0.05) is 6.92 Å². The van der Waals surface area contributed by atoms with Crippen LogP contribution in [-0.4, -0.2) is 38.2 Å². The lowest BCUT2D eigenvalue weighted by atomic mass is 10.5. The second kappa shape index (κ2) is 6.13. The number of imidazole rings is 1. The first kappa shape index (κ1) is 14.7. The highest BCUT2D eigenvalue weighted by molar-refractivity contribution is 5.74. The molecule has 1 unspecified atom stereocenters. The minimum Gasteiger partial charge on any atom is -0.436 e. The second-order valence-corrected chi connectivity index (χ2v) is 4.04. The van der Waals surface area contributed by atoms with Crippen molar-refractivity contribution in [3.63, 3.8) is 0 Å². The summed E-state index contributed by atoms with van der Waals surface area (Å²) in [7, 11) is 0. The van der Waals surface area contributed by atoms with Gasteiger partial charge in [0.05, 0.1) is 6.33 Å². The van der Waals surface area contributed by atoms with Gasteiger partial charge < -0.3 is 9.47 Å². The van der Waals surface area contributed by atoms with Gasteiger partial charge in [0.25, 0.3) is 5.56 Å². The number of aromatic amines is 1. The highest BCUT2D eigenvalue weighted by Gasteiger charge is 2.12. The standard InChI is InChI=1S/C11H13N5O5/c1-6(18)21-7(2)20-5-16-3-12-8-9(16)14-11(13-4-17)15-10(8)19/h3-4,7H,5H2,1-2H3,(H2,13,14,15,17,19). The molecular formula is C11H13N5O5. The number of H-pyrrole nitrogens is 1. The first-order valence-electron chi connectivity index (χ1n) is 5.95. The number of fused-ring (bicyclic) bond motifs is 1. The molecule has 0 saturated carbocycles. The largest absolute Gasteiger partial charge is 0.436 e. The maximum atomic E-state index is 11.7. The maximum Gasteiger partial charge on any atom is 0.304 e. The molecule has 2 aromatic rings. The van der Waals surface area contributed by atoms with E-state index in [2.05, 4.69) is 20.3 Å². The Balaban J connectivity index is 2.22. The van der Waals surface area contributed by atoms with Crippen LogP contribution in [0.3, 0.4) is 0 Å². The fourth-order valence-electron chi connectivity index (χ4n) is 1.63. The molecule has 10 nitrogen and oxygen atoms in total. The number of hydrogen-bond acceptors (Lipinski definition) is 7. The number of nitrogens with one attached hydrogen (secondary N) is 2. The zero-order valence-corrected chi connectivity index (χ0v) is 11.3. The Bertz CT molecular complexity index is 721. The number of nitrogens with zero attached hydrogens (tertiary/aromatic N) is 3. The monoisotopic (exact) mass is 295 g/mol. The SMILES string of the molecule is CC(=O)OC(C)OCn1cnc2c(=O)[nH]c(NC=O)nc21. The third kappa shape index (κ3) is 3.42. The van der Waals surface area contributed by atoms with Gasteiger partial charge in [-0.05, 0) is 6.92 Å². The molecule has 0 fully saturated rings. The summed E-state index contributed by atoms with van der Waals surface area (Å²) < 4.78 is 11.5. The quantitative estimate of drug-likeness (QED) is 0.420. The normalized spacial score (nSPS) is 12.1. The Morgan fingerprint density at radius 3 is 3.05 bits per heavy atom. The summed E-state index contributed by atoms with van der Waals surface area (Å²) in [6.45, 7) is 2.80. The third-order valence-electron chi connectivity index (χ3n) is 2.45. The average molecular weight is 295 g/mol. The maximum absolute atomic E-state index is 11.7. The minimum atomic E-state index is -0.755. The molecule has 0 radical (unpaired) electrons. The Hall–Kier alpha value is -2.75. The second-order valence-electron chi connectivity index (χ2n) is 4.04. The predicted molar refractivity (Wildman–Crippen MR) is 70.1 cm³/mol. The molecule has 0 aliphatic heterocycles. The molecule has 2 N–H and O–H groups in total. The molecule has 21 heavy (non-hydrogen) atoms. The van der Waals surface area contributed by atoms with Crippen LogP contribution in [0.4, 0.5) is 5.95 Å².